The van der Waals surface area contributed by atoms with Gasteiger partial charge in [0.25, 0.3) is 5.91 Å². The van der Waals surface area contributed by atoms with E-state index in [1.54, 1.807) is 37.1 Å². The maximum atomic E-state index is 14.1. The van der Waals surface area contributed by atoms with Gasteiger partial charge in [-0.15, -0.1) is 0 Å². The van der Waals surface area contributed by atoms with Crippen molar-refractivity contribution in [2.45, 2.75) is 25.8 Å². The molecule has 1 heterocycles. The molecule has 132 valence electrons. The maximum Gasteiger partial charge on any atom is 0.278 e. The topological polar surface area (TPSA) is 64.4 Å². The number of carbonyl (C=O) groups excluding carboxylic acids is 1. The summed E-state index contributed by atoms with van der Waals surface area (Å²) in [6, 6.07) is 7.54. The van der Waals surface area contributed by atoms with Crippen LogP contribution in [-0.4, -0.2) is 46.9 Å². The predicted octanol–water partition coefficient (Wildman–Crippen LogP) is 1.93. The molecule has 25 heavy (non-hydrogen) atoms. The fourth-order valence-corrected chi connectivity index (χ4v) is 2.72. The normalized spacial score (nSPS) is 13.7. The molecule has 1 fully saturated rings. The van der Waals surface area contributed by atoms with Crippen LogP contribution in [0.15, 0.2) is 35.1 Å². The molecule has 1 aliphatic rings. The van der Waals surface area contributed by atoms with E-state index in [1.807, 2.05) is 0 Å². The highest BCUT2D eigenvalue weighted by Gasteiger charge is 2.34. The van der Waals surface area contributed by atoms with Gasteiger partial charge in [-0.1, -0.05) is 12.1 Å². The second-order valence-electron chi connectivity index (χ2n) is 6.08. The molecule has 0 spiro atoms. The van der Waals surface area contributed by atoms with Crippen molar-refractivity contribution >= 4 is 5.91 Å². The second-order valence-corrected chi connectivity index (χ2v) is 6.08. The number of carbonyl (C=O) groups is 1. The zero-order valence-electron chi connectivity index (χ0n) is 14.2. The number of hydrogen-bond donors (Lipinski definition) is 0. The summed E-state index contributed by atoms with van der Waals surface area (Å²) in [7, 11) is 1.56. The van der Waals surface area contributed by atoms with Gasteiger partial charge in [0.05, 0.1) is 6.61 Å². The number of aryl methyl sites for hydroxylation is 1. The van der Waals surface area contributed by atoms with Crippen LogP contribution < -0.4 is 5.43 Å². The molecule has 1 aromatic carbocycles. The first kappa shape index (κ1) is 17.3. The van der Waals surface area contributed by atoms with Crippen molar-refractivity contribution < 1.29 is 13.9 Å². The minimum absolute atomic E-state index is 0.118. The molecule has 1 saturated carbocycles. The van der Waals surface area contributed by atoms with Crippen LogP contribution in [0.4, 0.5) is 4.39 Å². The molecule has 1 aromatic heterocycles. The molecule has 0 saturated heterocycles. The van der Waals surface area contributed by atoms with E-state index in [1.165, 1.54) is 16.8 Å². The molecule has 2 aromatic rings. The number of methoxy groups -OCH3 is 1. The highest BCUT2D eigenvalue weighted by Crippen LogP contribution is 2.27. The highest BCUT2D eigenvalue weighted by atomic mass is 19.1. The van der Waals surface area contributed by atoms with Crippen LogP contribution in [0.5, 0.6) is 0 Å². The third kappa shape index (κ3) is 3.61. The Morgan fingerprint density at radius 3 is 2.76 bits per heavy atom. The molecule has 1 amide bonds. The monoisotopic (exact) mass is 345 g/mol. The Labute approximate surface area is 144 Å². The standard InChI is InChI=1S/C18H20FN3O3/c1-12-11-16(23)17(18(24)21(9-10-25-2)13-7-8-13)20-22(12)15-6-4-3-5-14(15)19/h3-6,11,13H,7-10H2,1-2H3. The predicted molar refractivity (Wildman–Crippen MR) is 90.5 cm³/mol. The molecular formula is C18H20FN3O3. The van der Waals surface area contributed by atoms with Crippen LogP contribution in [0.3, 0.4) is 0 Å². The molecule has 0 radical (unpaired) electrons. The van der Waals surface area contributed by atoms with Gasteiger partial charge in [0.2, 0.25) is 5.43 Å². The molecule has 3 rings (SSSR count). The van der Waals surface area contributed by atoms with Crippen molar-refractivity contribution in [3.63, 3.8) is 0 Å². The number of amides is 1. The molecule has 7 heteroatoms. The fraction of sp³-hybridized carbons (Fsp3) is 0.389. The van der Waals surface area contributed by atoms with Gasteiger partial charge in [-0.05, 0) is 31.9 Å². The minimum atomic E-state index is -0.474. The minimum Gasteiger partial charge on any atom is -0.383 e. The largest absolute Gasteiger partial charge is 0.383 e. The van der Waals surface area contributed by atoms with E-state index < -0.39 is 17.2 Å². The number of benzene rings is 1. The molecule has 1 aliphatic carbocycles. The summed E-state index contributed by atoms with van der Waals surface area (Å²) in [5.41, 5.74) is 0.000407. The second kappa shape index (κ2) is 7.14. The molecular weight excluding hydrogens is 325 g/mol. The van der Waals surface area contributed by atoms with Crippen molar-refractivity contribution in [3.05, 3.63) is 57.8 Å². The quantitative estimate of drug-likeness (QED) is 0.802. The first-order valence-electron chi connectivity index (χ1n) is 8.18. The average Bonchev–Trinajstić information content (AvgIpc) is 3.41. The van der Waals surface area contributed by atoms with E-state index in [9.17, 15) is 14.0 Å². The Morgan fingerprint density at radius 2 is 2.12 bits per heavy atom. The summed E-state index contributed by atoms with van der Waals surface area (Å²) in [6.45, 7) is 2.43. The van der Waals surface area contributed by atoms with Crippen LogP contribution >= 0.6 is 0 Å². The van der Waals surface area contributed by atoms with Gasteiger partial charge in [0, 0.05) is 31.5 Å². The number of rotatable bonds is 6. The lowest BCUT2D eigenvalue weighted by molar-refractivity contribution is 0.0671. The average molecular weight is 345 g/mol. The Kier molecular flexibility index (Phi) is 4.94. The lowest BCUT2D eigenvalue weighted by atomic mass is 10.2. The number of hydrogen-bond acceptors (Lipinski definition) is 4. The number of aromatic nitrogens is 2. The number of nitrogens with zero attached hydrogens (tertiary/aromatic N) is 3. The molecule has 0 N–H and O–H groups in total. The fourth-order valence-electron chi connectivity index (χ4n) is 2.72. The van der Waals surface area contributed by atoms with Gasteiger partial charge in [0.1, 0.15) is 11.5 Å². The SMILES string of the molecule is COCCN(C(=O)c1nn(-c2ccccc2F)c(C)cc1=O)C1CC1. The maximum absolute atomic E-state index is 14.1. The summed E-state index contributed by atoms with van der Waals surface area (Å²) in [6.07, 6.45) is 1.81. The molecule has 0 aliphatic heterocycles. The summed E-state index contributed by atoms with van der Waals surface area (Å²) in [4.78, 5) is 26.8. The van der Waals surface area contributed by atoms with Gasteiger partial charge < -0.3 is 9.64 Å². The van der Waals surface area contributed by atoms with E-state index in [-0.39, 0.29) is 17.4 Å². The first-order valence-corrected chi connectivity index (χ1v) is 8.18. The van der Waals surface area contributed by atoms with E-state index in [4.69, 9.17) is 4.74 Å². The van der Waals surface area contributed by atoms with Crippen molar-refractivity contribution in [1.82, 2.24) is 14.7 Å². The summed E-state index contributed by atoms with van der Waals surface area (Å²) in [5.74, 6) is -0.909. The van der Waals surface area contributed by atoms with Gasteiger partial charge in [-0.25, -0.2) is 9.07 Å². The Hall–Kier alpha value is -2.54. The molecule has 6 nitrogen and oxygen atoms in total. The Bertz CT molecular complexity index is 846. The van der Waals surface area contributed by atoms with E-state index in [2.05, 4.69) is 5.10 Å². The zero-order valence-corrected chi connectivity index (χ0v) is 14.2. The van der Waals surface area contributed by atoms with Crippen LogP contribution in [0.2, 0.25) is 0 Å². The van der Waals surface area contributed by atoms with Gasteiger partial charge in [-0.2, -0.15) is 5.10 Å². The van der Waals surface area contributed by atoms with Crippen LogP contribution in [0.25, 0.3) is 5.69 Å². The lowest BCUT2D eigenvalue weighted by Gasteiger charge is -2.22. The van der Waals surface area contributed by atoms with Gasteiger partial charge >= 0.3 is 0 Å². The van der Waals surface area contributed by atoms with E-state index in [0.717, 1.165) is 12.8 Å². The zero-order chi connectivity index (χ0) is 18.0. The van der Waals surface area contributed by atoms with Crippen LogP contribution in [-0.2, 0) is 4.74 Å². The van der Waals surface area contributed by atoms with Crippen LogP contribution in [0.1, 0.15) is 29.0 Å². The Balaban J connectivity index is 2.01. The van der Waals surface area contributed by atoms with E-state index in [0.29, 0.717) is 18.8 Å². The number of para-hydroxylation sites is 1. The van der Waals surface area contributed by atoms with Gasteiger partial charge in [-0.3, -0.25) is 9.59 Å². The van der Waals surface area contributed by atoms with E-state index >= 15 is 0 Å². The molecule has 0 bridgehead atoms. The van der Waals surface area contributed by atoms with Crippen molar-refractivity contribution in [3.8, 4) is 5.69 Å². The molecule has 0 atom stereocenters. The highest BCUT2D eigenvalue weighted by molar-refractivity contribution is 5.92. The summed E-state index contributed by atoms with van der Waals surface area (Å²) in [5, 5.41) is 4.17. The van der Waals surface area contributed by atoms with Crippen molar-refractivity contribution in [2.75, 3.05) is 20.3 Å². The van der Waals surface area contributed by atoms with Crippen molar-refractivity contribution in [2.24, 2.45) is 0 Å². The number of ether oxygens (including phenoxy) is 1. The third-order valence-electron chi connectivity index (χ3n) is 4.18. The Morgan fingerprint density at radius 1 is 1.40 bits per heavy atom. The van der Waals surface area contributed by atoms with Crippen LogP contribution in [0, 0.1) is 12.7 Å². The van der Waals surface area contributed by atoms with Crippen molar-refractivity contribution in [1.29, 1.82) is 0 Å². The third-order valence-corrected chi connectivity index (χ3v) is 4.18. The molecule has 0 unspecified atom stereocenters. The lowest BCUT2D eigenvalue weighted by Crippen LogP contribution is -2.39. The smallest absolute Gasteiger partial charge is 0.278 e. The summed E-state index contributed by atoms with van der Waals surface area (Å²) >= 11 is 0. The number of halogens is 1. The summed E-state index contributed by atoms with van der Waals surface area (Å²) < 4.78 is 20.4. The van der Waals surface area contributed by atoms with Gasteiger partial charge in [0.15, 0.2) is 5.69 Å². The first-order chi connectivity index (χ1) is 12.0.